The Bertz CT molecular complexity index is 3510. The minimum absolute atomic E-state index is 0.0225. The van der Waals surface area contributed by atoms with Crippen LogP contribution in [0.4, 0.5) is 0 Å². The SMILES string of the molecule is [2H]c1c([2H])c([2H])c2c(oc3c([2H])c(-c4nc(-c5ccccc5)nc(-c5ccc6sc7ccccc7c6c5)n4)c([2H])c([2H])c32)c1-c1cccc2sc3ccccc3c12. The number of furan rings is 1. The molecule has 0 aliphatic rings. The quantitative estimate of drug-likeness (QED) is 0.184. The zero-order chi connectivity index (χ0) is 38.7. The van der Waals surface area contributed by atoms with Gasteiger partial charge in [-0.15, -0.1) is 22.7 Å². The average molecular weight is 694 g/mol. The predicted octanol–water partition coefficient (Wildman–Crippen LogP) is 13.2. The van der Waals surface area contributed by atoms with Gasteiger partial charge in [0, 0.05) is 73.4 Å². The molecule has 0 N–H and O–H groups in total. The van der Waals surface area contributed by atoms with Gasteiger partial charge in [0.15, 0.2) is 17.5 Å². The molecule has 0 radical (unpaired) electrons. The largest absolute Gasteiger partial charge is 0.455 e. The number of benzene rings is 7. The minimum Gasteiger partial charge on any atom is -0.455 e. The summed E-state index contributed by atoms with van der Waals surface area (Å²) in [7, 11) is 0. The number of aromatic nitrogens is 3. The maximum Gasteiger partial charge on any atom is 0.164 e. The van der Waals surface area contributed by atoms with Crippen LogP contribution in [-0.4, -0.2) is 15.0 Å². The van der Waals surface area contributed by atoms with E-state index in [1.807, 2.05) is 97.1 Å². The van der Waals surface area contributed by atoms with Gasteiger partial charge in [-0.1, -0.05) is 103 Å². The first-order valence-corrected chi connectivity index (χ1v) is 18.0. The zero-order valence-corrected chi connectivity index (χ0v) is 28.2. The normalized spacial score (nSPS) is 13.6. The highest BCUT2D eigenvalue weighted by Crippen LogP contribution is 2.44. The number of fused-ring (bicyclic) bond motifs is 9. The van der Waals surface area contributed by atoms with Crippen molar-refractivity contribution in [3.8, 4) is 45.3 Å². The molecule has 4 aromatic heterocycles. The molecular formula is C45H25N3OS2. The summed E-state index contributed by atoms with van der Waals surface area (Å²) in [6.45, 7) is 0. The Morgan fingerprint density at radius 2 is 1.16 bits per heavy atom. The molecule has 0 saturated heterocycles. The van der Waals surface area contributed by atoms with Crippen molar-refractivity contribution in [2.24, 2.45) is 0 Å². The first-order chi connectivity index (χ1) is 27.8. The maximum atomic E-state index is 9.59. The van der Waals surface area contributed by atoms with Gasteiger partial charge in [0.25, 0.3) is 0 Å². The first-order valence-electron chi connectivity index (χ1n) is 19.4. The standard InChI is InChI=1S/C45H25N3OS2/c1-2-10-26(11-3-1)43-46-44(27-21-23-39-35(24-27)30-12-4-6-17-37(30)50-39)48-45(47-43)28-20-22-29-32-15-8-16-33(42(32)49-36(29)25-28)31-14-9-19-40-41(31)34-13-5-7-18-38(34)51-40/h1-25H/i8D,15D,16D,20D,22D,25D. The van der Waals surface area contributed by atoms with Crippen molar-refractivity contribution in [1.82, 2.24) is 15.0 Å². The molecule has 0 atom stereocenters. The van der Waals surface area contributed by atoms with Crippen molar-refractivity contribution in [2.45, 2.75) is 0 Å². The minimum atomic E-state index is -0.330. The van der Waals surface area contributed by atoms with Crippen LogP contribution in [0.1, 0.15) is 8.22 Å². The summed E-state index contributed by atoms with van der Waals surface area (Å²) in [6, 6.07) is 35.8. The number of rotatable bonds is 4. The fraction of sp³-hybridized carbons (Fsp3) is 0. The number of nitrogens with zero attached hydrogens (tertiary/aromatic N) is 3. The van der Waals surface area contributed by atoms with E-state index in [1.165, 1.54) is 4.70 Å². The van der Waals surface area contributed by atoms with Crippen LogP contribution in [-0.2, 0) is 0 Å². The Labute approximate surface area is 308 Å². The summed E-state index contributed by atoms with van der Waals surface area (Å²) < 4.78 is 66.4. The fourth-order valence-corrected chi connectivity index (χ4v) is 9.12. The van der Waals surface area contributed by atoms with Gasteiger partial charge in [-0.05, 0) is 54.0 Å². The van der Waals surface area contributed by atoms with E-state index in [4.69, 9.17) is 23.5 Å². The molecule has 6 heteroatoms. The lowest BCUT2D eigenvalue weighted by Gasteiger charge is -2.08. The third-order valence-electron chi connectivity index (χ3n) is 9.26. The molecule has 0 spiro atoms. The van der Waals surface area contributed by atoms with Gasteiger partial charge in [-0.25, -0.2) is 15.0 Å². The van der Waals surface area contributed by atoms with E-state index in [9.17, 15) is 4.11 Å². The van der Waals surface area contributed by atoms with Crippen molar-refractivity contribution in [2.75, 3.05) is 0 Å². The molecule has 0 amide bonds. The smallest absolute Gasteiger partial charge is 0.164 e. The molecule has 4 heterocycles. The van der Waals surface area contributed by atoms with Crippen molar-refractivity contribution >= 4 is 85.0 Å². The van der Waals surface area contributed by atoms with Gasteiger partial charge in [-0.2, -0.15) is 0 Å². The van der Waals surface area contributed by atoms with E-state index in [0.717, 1.165) is 41.2 Å². The Morgan fingerprint density at radius 1 is 0.471 bits per heavy atom. The summed E-state index contributed by atoms with van der Waals surface area (Å²) in [4.78, 5) is 14.6. The number of hydrogen-bond donors (Lipinski definition) is 0. The molecule has 7 aromatic carbocycles. The Hall–Kier alpha value is -6.21. The third kappa shape index (κ3) is 4.54. The molecule has 11 rings (SSSR count). The lowest BCUT2D eigenvalue weighted by Crippen LogP contribution is -2.00. The molecule has 0 unspecified atom stereocenters. The molecule has 11 aromatic rings. The highest BCUT2D eigenvalue weighted by Gasteiger charge is 2.19. The number of thiophene rings is 2. The summed E-state index contributed by atoms with van der Waals surface area (Å²) >= 11 is 3.33. The summed E-state index contributed by atoms with van der Waals surface area (Å²) in [5.41, 5.74) is 2.45. The van der Waals surface area contributed by atoms with Crippen LogP contribution in [0.15, 0.2) is 156 Å². The molecule has 0 fully saturated rings. The highest BCUT2D eigenvalue weighted by molar-refractivity contribution is 7.26. The van der Waals surface area contributed by atoms with Crippen molar-refractivity contribution in [1.29, 1.82) is 0 Å². The number of para-hydroxylation sites is 1. The van der Waals surface area contributed by atoms with Gasteiger partial charge in [0.1, 0.15) is 11.2 Å². The summed E-state index contributed by atoms with van der Waals surface area (Å²) in [5.74, 6) is 0.712. The van der Waals surface area contributed by atoms with Crippen molar-refractivity contribution in [3.63, 3.8) is 0 Å². The molecule has 51 heavy (non-hydrogen) atoms. The van der Waals surface area contributed by atoms with E-state index >= 15 is 0 Å². The van der Waals surface area contributed by atoms with E-state index in [2.05, 4.69) is 18.2 Å². The lowest BCUT2D eigenvalue weighted by molar-refractivity contribution is 0.670. The van der Waals surface area contributed by atoms with Gasteiger partial charge in [0.05, 0.1) is 8.22 Å². The van der Waals surface area contributed by atoms with Crippen LogP contribution in [0.3, 0.4) is 0 Å². The maximum absolute atomic E-state index is 9.59. The van der Waals surface area contributed by atoms with Crippen molar-refractivity contribution < 1.29 is 12.6 Å². The van der Waals surface area contributed by atoms with Gasteiger partial charge in [-0.3, -0.25) is 0 Å². The first kappa shape index (κ1) is 23.2. The van der Waals surface area contributed by atoms with Crippen LogP contribution in [0.5, 0.6) is 0 Å². The average Bonchev–Trinajstić information content (AvgIpc) is 3.94. The van der Waals surface area contributed by atoms with Gasteiger partial charge >= 0.3 is 0 Å². The summed E-state index contributed by atoms with van der Waals surface area (Å²) in [5, 5.41) is 4.25. The zero-order valence-electron chi connectivity index (χ0n) is 32.5. The third-order valence-corrected chi connectivity index (χ3v) is 11.5. The molecule has 0 aliphatic heterocycles. The molecule has 4 nitrogen and oxygen atoms in total. The van der Waals surface area contributed by atoms with Gasteiger partial charge in [0.2, 0.25) is 0 Å². The monoisotopic (exact) mass is 693 g/mol. The second-order valence-corrected chi connectivity index (χ2v) is 14.4. The Kier molecular flexibility index (Phi) is 5.08. The lowest BCUT2D eigenvalue weighted by atomic mass is 9.97. The van der Waals surface area contributed by atoms with Crippen LogP contribution in [0, 0.1) is 0 Å². The van der Waals surface area contributed by atoms with Crippen LogP contribution in [0.25, 0.3) is 108 Å². The van der Waals surface area contributed by atoms with E-state index < -0.39 is 0 Å². The predicted molar refractivity (Wildman–Crippen MR) is 215 cm³/mol. The molecule has 0 saturated carbocycles. The fourth-order valence-electron chi connectivity index (χ4n) is 6.90. The van der Waals surface area contributed by atoms with Crippen LogP contribution in [0.2, 0.25) is 0 Å². The van der Waals surface area contributed by atoms with Gasteiger partial charge < -0.3 is 4.42 Å². The van der Waals surface area contributed by atoms with E-state index in [-0.39, 0.29) is 69.6 Å². The Balaban J connectivity index is 1.19. The molecule has 238 valence electrons. The Morgan fingerprint density at radius 3 is 2.02 bits per heavy atom. The molecule has 0 bridgehead atoms. The molecule has 0 aliphatic carbocycles. The van der Waals surface area contributed by atoms with E-state index in [1.54, 1.807) is 22.7 Å². The van der Waals surface area contributed by atoms with Crippen LogP contribution >= 0.6 is 22.7 Å². The van der Waals surface area contributed by atoms with Crippen LogP contribution < -0.4 is 0 Å². The topological polar surface area (TPSA) is 51.8 Å². The second kappa shape index (κ2) is 11.2. The number of hydrogen-bond acceptors (Lipinski definition) is 6. The highest BCUT2D eigenvalue weighted by atomic mass is 32.1. The van der Waals surface area contributed by atoms with E-state index in [0.29, 0.717) is 28.3 Å². The molecular weight excluding hydrogens is 663 g/mol. The second-order valence-electron chi connectivity index (χ2n) is 12.3. The summed E-state index contributed by atoms with van der Waals surface area (Å²) in [6.07, 6.45) is 0. The van der Waals surface area contributed by atoms with Crippen molar-refractivity contribution in [3.05, 3.63) is 152 Å².